The molecular weight excluding hydrogens is 114 g/mol. The summed E-state index contributed by atoms with van der Waals surface area (Å²) >= 11 is 0. The van der Waals surface area contributed by atoms with E-state index < -0.39 is 0 Å². The fraction of sp³-hybridized carbons (Fsp3) is 0.333. The molecule has 1 aliphatic rings. The maximum absolute atomic E-state index is 5.56. The summed E-state index contributed by atoms with van der Waals surface area (Å²) in [5.41, 5.74) is 12.9. The van der Waals surface area contributed by atoms with Crippen molar-refractivity contribution in [3.63, 3.8) is 0 Å². The lowest BCUT2D eigenvalue weighted by Crippen LogP contribution is -2.29. The maximum Gasteiger partial charge on any atom is 0.0966 e. The molecule has 0 saturated carbocycles. The van der Waals surface area contributed by atoms with Crippen LogP contribution in [0.4, 0.5) is 0 Å². The molecule has 0 fully saturated rings. The van der Waals surface area contributed by atoms with Crippen molar-refractivity contribution in [3.8, 4) is 0 Å². The van der Waals surface area contributed by atoms with Crippen LogP contribution in [0.3, 0.4) is 0 Å². The van der Waals surface area contributed by atoms with Gasteiger partial charge < -0.3 is 16.8 Å². The first-order valence-corrected chi connectivity index (χ1v) is 2.86. The van der Waals surface area contributed by atoms with E-state index in [9.17, 15) is 0 Å². The van der Waals surface area contributed by atoms with Crippen LogP contribution >= 0.6 is 0 Å². The summed E-state index contributed by atoms with van der Waals surface area (Å²) in [6.07, 6.45) is 1.83. The highest BCUT2D eigenvalue weighted by Gasteiger charge is 2.01. The van der Waals surface area contributed by atoms with Crippen molar-refractivity contribution in [2.45, 2.75) is 6.92 Å². The zero-order chi connectivity index (χ0) is 6.85. The number of nitrogens with two attached hydrogens (primary N) is 2. The van der Waals surface area contributed by atoms with Crippen molar-refractivity contribution in [2.75, 3.05) is 6.54 Å². The van der Waals surface area contributed by atoms with Gasteiger partial charge in [-0.1, -0.05) is 0 Å². The van der Waals surface area contributed by atoms with Crippen molar-refractivity contribution < 1.29 is 0 Å². The molecule has 50 valence electrons. The van der Waals surface area contributed by atoms with E-state index in [0.29, 0.717) is 12.4 Å². The molecule has 5 N–H and O–H groups in total. The number of hydrogen-bond acceptors (Lipinski definition) is 3. The minimum absolute atomic E-state index is 0.675. The van der Waals surface area contributed by atoms with Gasteiger partial charge in [0.05, 0.1) is 12.4 Å². The second kappa shape index (κ2) is 2.01. The molecule has 0 spiro atoms. The van der Waals surface area contributed by atoms with E-state index in [1.54, 1.807) is 0 Å². The predicted molar refractivity (Wildman–Crippen MR) is 37.2 cm³/mol. The maximum atomic E-state index is 5.56. The van der Waals surface area contributed by atoms with E-state index in [1.807, 2.05) is 13.0 Å². The molecule has 0 aliphatic carbocycles. The van der Waals surface area contributed by atoms with Crippen molar-refractivity contribution >= 4 is 0 Å². The van der Waals surface area contributed by atoms with Crippen LogP contribution in [0.1, 0.15) is 6.92 Å². The number of hydrogen-bond donors (Lipinski definition) is 3. The molecule has 1 aliphatic heterocycles. The molecule has 0 bridgehead atoms. The second-order valence-electron chi connectivity index (χ2n) is 2.16. The van der Waals surface area contributed by atoms with Crippen molar-refractivity contribution in [3.05, 3.63) is 23.2 Å². The van der Waals surface area contributed by atoms with Gasteiger partial charge in [0.25, 0.3) is 0 Å². The Labute approximate surface area is 54.4 Å². The van der Waals surface area contributed by atoms with Crippen LogP contribution in [0, 0.1) is 0 Å². The Balaban J connectivity index is 2.83. The molecule has 0 atom stereocenters. The summed E-state index contributed by atoms with van der Waals surface area (Å²) in [5.74, 6) is 0.696. The van der Waals surface area contributed by atoms with Gasteiger partial charge >= 0.3 is 0 Å². The number of dihydropyridines is 1. The Morgan fingerprint density at radius 1 is 1.56 bits per heavy atom. The molecule has 0 amide bonds. The molecule has 0 aromatic rings. The summed E-state index contributed by atoms with van der Waals surface area (Å²) in [7, 11) is 0. The molecule has 0 radical (unpaired) electrons. The third-order valence-corrected chi connectivity index (χ3v) is 1.36. The molecule has 0 aromatic heterocycles. The van der Waals surface area contributed by atoms with Gasteiger partial charge in [-0.15, -0.1) is 0 Å². The van der Waals surface area contributed by atoms with E-state index >= 15 is 0 Å². The fourth-order valence-corrected chi connectivity index (χ4v) is 0.714. The Bertz CT molecular complexity index is 179. The molecule has 1 heterocycles. The first-order valence-electron chi connectivity index (χ1n) is 2.86. The lowest BCUT2D eigenvalue weighted by Gasteiger charge is -2.13. The van der Waals surface area contributed by atoms with Gasteiger partial charge in [-0.2, -0.15) is 0 Å². The zero-order valence-corrected chi connectivity index (χ0v) is 5.44. The normalized spacial score (nSPS) is 19.0. The van der Waals surface area contributed by atoms with Crippen molar-refractivity contribution in [2.24, 2.45) is 11.5 Å². The Morgan fingerprint density at radius 3 is 2.67 bits per heavy atom. The monoisotopic (exact) mass is 125 g/mol. The molecule has 0 unspecified atom stereocenters. The highest BCUT2D eigenvalue weighted by Crippen LogP contribution is 2.04. The summed E-state index contributed by atoms with van der Waals surface area (Å²) < 4.78 is 0. The Hall–Kier alpha value is -1.12. The van der Waals surface area contributed by atoms with Gasteiger partial charge in [0.15, 0.2) is 0 Å². The zero-order valence-electron chi connectivity index (χ0n) is 5.44. The minimum atomic E-state index is 0.675. The quantitative estimate of drug-likeness (QED) is 0.413. The molecule has 9 heavy (non-hydrogen) atoms. The van der Waals surface area contributed by atoms with Gasteiger partial charge in [0.2, 0.25) is 0 Å². The number of rotatable bonds is 0. The van der Waals surface area contributed by atoms with E-state index in [0.717, 1.165) is 11.3 Å². The first kappa shape index (κ1) is 6.01. The topological polar surface area (TPSA) is 64.1 Å². The highest BCUT2D eigenvalue weighted by atomic mass is 15.0. The van der Waals surface area contributed by atoms with Crippen LogP contribution in [0.5, 0.6) is 0 Å². The average Bonchev–Trinajstić information content (AvgIpc) is 1.80. The molecule has 0 saturated heterocycles. The van der Waals surface area contributed by atoms with Crippen LogP contribution in [-0.4, -0.2) is 6.54 Å². The van der Waals surface area contributed by atoms with E-state index in [4.69, 9.17) is 11.5 Å². The molecular formula is C6H11N3. The predicted octanol–water partition coefficient (Wildman–Crippen LogP) is -0.378. The lowest BCUT2D eigenvalue weighted by molar-refractivity contribution is 0.817. The van der Waals surface area contributed by atoms with Crippen LogP contribution < -0.4 is 16.8 Å². The van der Waals surface area contributed by atoms with Crippen molar-refractivity contribution in [1.29, 1.82) is 0 Å². The Kier molecular flexibility index (Phi) is 1.34. The SMILES string of the molecule is CC1=C(N)CNC(N)=C1. The summed E-state index contributed by atoms with van der Waals surface area (Å²) in [5, 5.41) is 2.92. The van der Waals surface area contributed by atoms with Gasteiger partial charge in [-0.3, -0.25) is 0 Å². The third-order valence-electron chi connectivity index (χ3n) is 1.36. The van der Waals surface area contributed by atoms with Gasteiger partial charge in [-0.25, -0.2) is 0 Å². The molecule has 1 rings (SSSR count). The third kappa shape index (κ3) is 1.16. The van der Waals surface area contributed by atoms with Crippen LogP contribution in [0.15, 0.2) is 23.2 Å². The second-order valence-corrected chi connectivity index (χ2v) is 2.16. The lowest BCUT2D eigenvalue weighted by atomic mass is 10.2. The van der Waals surface area contributed by atoms with Crippen molar-refractivity contribution in [1.82, 2.24) is 5.32 Å². The fourth-order valence-electron chi connectivity index (χ4n) is 0.714. The van der Waals surface area contributed by atoms with Crippen LogP contribution in [0.25, 0.3) is 0 Å². The number of allylic oxidation sites excluding steroid dienone is 2. The highest BCUT2D eigenvalue weighted by molar-refractivity contribution is 5.29. The smallest absolute Gasteiger partial charge is 0.0966 e. The molecule has 3 heteroatoms. The van der Waals surface area contributed by atoms with E-state index in [2.05, 4.69) is 5.32 Å². The minimum Gasteiger partial charge on any atom is -0.400 e. The molecule has 3 nitrogen and oxygen atoms in total. The van der Waals surface area contributed by atoms with Gasteiger partial charge in [-0.05, 0) is 18.6 Å². The summed E-state index contributed by atoms with van der Waals surface area (Å²) in [6.45, 7) is 2.62. The Morgan fingerprint density at radius 2 is 2.22 bits per heavy atom. The van der Waals surface area contributed by atoms with E-state index in [-0.39, 0.29) is 0 Å². The van der Waals surface area contributed by atoms with Gasteiger partial charge in [0.1, 0.15) is 0 Å². The molecule has 0 aromatic carbocycles. The first-order chi connectivity index (χ1) is 4.20. The standard InChI is InChI=1S/C6H11N3/c1-4-2-6(8)9-3-5(4)7/h2,9H,3,7-8H2,1H3. The van der Waals surface area contributed by atoms with Gasteiger partial charge in [0, 0.05) is 5.70 Å². The average molecular weight is 125 g/mol. The number of nitrogens with one attached hydrogen (secondary N) is 1. The summed E-state index contributed by atoms with van der Waals surface area (Å²) in [4.78, 5) is 0. The largest absolute Gasteiger partial charge is 0.400 e. The van der Waals surface area contributed by atoms with Crippen LogP contribution in [0.2, 0.25) is 0 Å². The van der Waals surface area contributed by atoms with Crippen LogP contribution in [-0.2, 0) is 0 Å². The summed E-state index contributed by atoms with van der Waals surface area (Å²) in [6, 6.07) is 0. The van der Waals surface area contributed by atoms with E-state index in [1.165, 1.54) is 0 Å².